The molecule has 2 aromatic carbocycles. The van der Waals surface area contributed by atoms with E-state index in [4.69, 9.17) is 16.3 Å². The van der Waals surface area contributed by atoms with Crippen LogP contribution >= 0.6 is 11.6 Å². The minimum Gasteiger partial charge on any atom is -0.462 e. The molecular weight excluding hydrogens is 635 g/mol. The van der Waals surface area contributed by atoms with Crippen molar-refractivity contribution in [2.75, 3.05) is 43.9 Å². The lowest BCUT2D eigenvalue weighted by atomic mass is 10.0. The second kappa shape index (κ2) is 12.8. The first-order chi connectivity index (χ1) is 21.4. The van der Waals surface area contributed by atoms with Gasteiger partial charge in [-0.15, -0.1) is 0 Å². The van der Waals surface area contributed by atoms with E-state index in [-0.39, 0.29) is 83.6 Å². The number of hydrogen-bond donors (Lipinski definition) is 1. The van der Waals surface area contributed by atoms with Gasteiger partial charge < -0.3 is 14.5 Å². The number of ether oxygens (including phenoxy) is 1. The number of benzene rings is 2. The van der Waals surface area contributed by atoms with Crippen LogP contribution < -0.4 is 14.4 Å². The fourth-order valence-electron chi connectivity index (χ4n) is 5.14. The molecule has 0 aliphatic carbocycles. The van der Waals surface area contributed by atoms with Crippen LogP contribution in [0.3, 0.4) is 0 Å². The standard InChI is InChI=1S/C29H25ClF3N7O4S/c1-16(31)28(41)40-12-11-39(15-18(40)8-9-34)27-20-14-35-25(19-5-3-4-17-6-7-21(32)23(30)22(17)19)24(33)26(20)37-29(38-27)44-13-10-36-45(2,42)43/h3-7,14,18,36H,1,8,10-13,15H2,2H3/t18-/m0/s1. The number of nitriles is 1. The van der Waals surface area contributed by atoms with Gasteiger partial charge in [0.25, 0.3) is 5.91 Å². The highest BCUT2D eigenvalue weighted by Crippen LogP contribution is 2.38. The molecule has 1 aliphatic rings. The number of piperazine rings is 1. The molecule has 45 heavy (non-hydrogen) atoms. The topological polar surface area (TPSA) is 141 Å². The number of fused-ring (bicyclic) bond motifs is 2. The third-order valence-corrected chi connectivity index (χ3v) is 8.23. The molecular formula is C29H25ClF3N7O4S. The third kappa shape index (κ3) is 6.63. The second-order valence-corrected chi connectivity index (χ2v) is 12.4. The van der Waals surface area contributed by atoms with Crippen LogP contribution in [-0.2, 0) is 14.8 Å². The van der Waals surface area contributed by atoms with Gasteiger partial charge in [-0.05, 0) is 11.5 Å². The highest BCUT2D eigenvalue weighted by Gasteiger charge is 2.33. The Morgan fingerprint density at radius 2 is 2.02 bits per heavy atom. The number of nitrogens with zero attached hydrogens (tertiary/aromatic N) is 6. The zero-order valence-electron chi connectivity index (χ0n) is 23.7. The Hall–Kier alpha value is -4.52. The van der Waals surface area contributed by atoms with Crippen molar-refractivity contribution in [3.8, 4) is 23.3 Å². The average molecular weight is 660 g/mol. The lowest BCUT2D eigenvalue weighted by molar-refractivity contribution is -0.131. The van der Waals surface area contributed by atoms with Gasteiger partial charge in [-0.2, -0.15) is 15.2 Å². The van der Waals surface area contributed by atoms with Crippen molar-refractivity contribution in [2.45, 2.75) is 12.5 Å². The van der Waals surface area contributed by atoms with Crippen molar-refractivity contribution in [1.82, 2.24) is 24.6 Å². The van der Waals surface area contributed by atoms with E-state index >= 15 is 4.39 Å². The van der Waals surface area contributed by atoms with Crippen LogP contribution in [-0.4, -0.2) is 79.3 Å². The minimum absolute atomic E-state index is 0.00213. The number of aromatic nitrogens is 3. The van der Waals surface area contributed by atoms with Crippen molar-refractivity contribution in [2.24, 2.45) is 0 Å². The van der Waals surface area contributed by atoms with Crippen LogP contribution in [0.25, 0.3) is 32.9 Å². The van der Waals surface area contributed by atoms with E-state index in [2.05, 4.69) is 26.3 Å². The summed E-state index contributed by atoms with van der Waals surface area (Å²) in [7, 11) is -3.51. The summed E-state index contributed by atoms with van der Waals surface area (Å²) < 4.78 is 75.4. The number of halogens is 4. The molecule has 5 rings (SSSR count). The first-order valence-electron chi connectivity index (χ1n) is 13.5. The molecule has 0 spiro atoms. The molecule has 16 heteroatoms. The van der Waals surface area contributed by atoms with Crippen LogP contribution in [0, 0.1) is 23.0 Å². The molecule has 234 valence electrons. The van der Waals surface area contributed by atoms with Crippen molar-refractivity contribution < 1.29 is 31.1 Å². The highest BCUT2D eigenvalue weighted by atomic mass is 35.5. The molecule has 1 fully saturated rings. The second-order valence-electron chi connectivity index (χ2n) is 10.2. The number of hydrogen-bond acceptors (Lipinski definition) is 9. The highest BCUT2D eigenvalue weighted by molar-refractivity contribution is 7.88. The molecule has 0 unspecified atom stereocenters. The molecule has 1 amide bonds. The van der Waals surface area contributed by atoms with Gasteiger partial charge >= 0.3 is 6.01 Å². The molecule has 0 saturated carbocycles. The molecule has 1 aliphatic heterocycles. The van der Waals surface area contributed by atoms with Crippen molar-refractivity contribution >= 4 is 55.0 Å². The predicted octanol–water partition coefficient (Wildman–Crippen LogP) is 4.12. The van der Waals surface area contributed by atoms with E-state index in [0.717, 1.165) is 6.26 Å². The number of nitrogens with one attached hydrogen (secondary N) is 1. The van der Waals surface area contributed by atoms with Crippen molar-refractivity contribution in [1.29, 1.82) is 5.26 Å². The SMILES string of the molecule is C=C(F)C(=O)N1CCN(c2nc(OCCNS(C)(=O)=O)nc3c(F)c(-c4cccc5ccc(F)c(Cl)c45)ncc23)C[C@@H]1CC#N. The maximum absolute atomic E-state index is 16.4. The number of sulfonamides is 1. The summed E-state index contributed by atoms with van der Waals surface area (Å²) in [5.74, 6) is -3.53. The van der Waals surface area contributed by atoms with E-state index < -0.39 is 39.4 Å². The summed E-state index contributed by atoms with van der Waals surface area (Å²) in [5.41, 5.74) is -0.175. The monoisotopic (exact) mass is 659 g/mol. The van der Waals surface area contributed by atoms with E-state index in [9.17, 15) is 27.3 Å². The van der Waals surface area contributed by atoms with Crippen LogP contribution in [0.2, 0.25) is 5.02 Å². The Morgan fingerprint density at radius 3 is 2.73 bits per heavy atom. The number of pyridine rings is 1. The molecule has 1 atom stereocenters. The summed E-state index contributed by atoms with van der Waals surface area (Å²) in [6, 6.07) is 8.55. The molecule has 0 radical (unpaired) electrons. The van der Waals surface area contributed by atoms with Crippen LogP contribution in [0.1, 0.15) is 6.42 Å². The van der Waals surface area contributed by atoms with Gasteiger partial charge in [0.2, 0.25) is 10.0 Å². The summed E-state index contributed by atoms with van der Waals surface area (Å²) in [6.45, 7) is 2.88. The molecule has 3 heterocycles. The summed E-state index contributed by atoms with van der Waals surface area (Å²) >= 11 is 6.29. The average Bonchev–Trinajstić information content (AvgIpc) is 3.00. The van der Waals surface area contributed by atoms with E-state index in [1.165, 1.54) is 23.2 Å². The Balaban J connectivity index is 1.62. The lowest BCUT2D eigenvalue weighted by Crippen LogP contribution is -2.55. The van der Waals surface area contributed by atoms with Crippen molar-refractivity contribution in [3.05, 3.63) is 65.6 Å². The van der Waals surface area contributed by atoms with E-state index in [1.54, 1.807) is 23.1 Å². The zero-order chi connectivity index (χ0) is 32.5. The van der Waals surface area contributed by atoms with Crippen LogP contribution in [0.5, 0.6) is 6.01 Å². The van der Waals surface area contributed by atoms with Gasteiger partial charge in [0.1, 0.15) is 29.5 Å². The number of amides is 1. The first-order valence-corrected chi connectivity index (χ1v) is 15.7. The van der Waals surface area contributed by atoms with E-state index in [0.29, 0.717) is 5.39 Å². The fourth-order valence-corrected chi connectivity index (χ4v) is 5.87. The normalized spacial score (nSPS) is 15.3. The fraction of sp³-hybridized carbons (Fsp3) is 0.276. The van der Waals surface area contributed by atoms with Gasteiger partial charge in [0, 0.05) is 43.3 Å². The zero-order valence-corrected chi connectivity index (χ0v) is 25.3. The van der Waals surface area contributed by atoms with E-state index in [1.807, 2.05) is 6.07 Å². The molecule has 0 bridgehead atoms. The van der Waals surface area contributed by atoms with Gasteiger partial charge in [-0.3, -0.25) is 9.78 Å². The number of carbonyl (C=O) groups excluding carboxylic acids is 1. The summed E-state index contributed by atoms with van der Waals surface area (Å²) in [6.07, 6.45) is 2.19. The Labute approximate surface area is 260 Å². The van der Waals surface area contributed by atoms with Crippen LogP contribution in [0.15, 0.2) is 48.9 Å². The largest absolute Gasteiger partial charge is 0.462 e. The maximum atomic E-state index is 16.4. The van der Waals surface area contributed by atoms with Crippen LogP contribution in [0.4, 0.5) is 19.0 Å². The maximum Gasteiger partial charge on any atom is 0.319 e. The molecule has 1 saturated heterocycles. The van der Waals surface area contributed by atoms with Crippen molar-refractivity contribution in [3.63, 3.8) is 0 Å². The smallest absolute Gasteiger partial charge is 0.319 e. The third-order valence-electron chi connectivity index (χ3n) is 7.13. The first kappa shape index (κ1) is 31.9. The quantitative estimate of drug-likeness (QED) is 0.207. The lowest BCUT2D eigenvalue weighted by Gasteiger charge is -2.41. The molecule has 1 N–H and O–H groups in total. The molecule has 4 aromatic rings. The Bertz CT molecular complexity index is 1990. The van der Waals surface area contributed by atoms with Gasteiger partial charge in [-0.25, -0.2) is 26.3 Å². The predicted molar refractivity (Wildman–Crippen MR) is 162 cm³/mol. The van der Waals surface area contributed by atoms with Gasteiger partial charge in [-0.1, -0.05) is 42.4 Å². The molecule has 2 aromatic heterocycles. The number of rotatable bonds is 9. The number of anilines is 1. The summed E-state index contributed by atoms with van der Waals surface area (Å²) in [5, 5.41) is 10.1. The van der Waals surface area contributed by atoms with Gasteiger partial charge in [0.15, 0.2) is 11.6 Å². The van der Waals surface area contributed by atoms with Gasteiger partial charge in [0.05, 0.1) is 35.2 Å². The minimum atomic E-state index is -3.51. The Morgan fingerprint density at radius 1 is 1.24 bits per heavy atom. The summed E-state index contributed by atoms with van der Waals surface area (Å²) in [4.78, 5) is 28.3. The number of carbonyl (C=O) groups is 1. The molecule has 11 nitrogen and oxygen atoms in total. The Kier molecular flexibility index (Phi) is 9.10.